The number of aliphatic hydroxyl groups is 1. The molecule has 3 nitrogen and oxygen atoms in total. The predicted octanol–water partition coefficient (Wildman–Crippen LogP) is 0.914. The second-order valence-corrected chi connectivity index (χ2v) is 4.57. The summed E-state index contributed by atoms with van der Waals surface area (Å²) in [5, 5.41) is 13.0. The molecule has 1 aliphatic carbocycles. The second kappa shape index (κ2) is 4.40. The third-order valence-corrected chi connectivity index (χ3v) is 2.56. The minimum Gasteiger partial charge on any atom is -0.392 e. The standard InChI is InChI=1S/C10H21NO2/c1-10(2,7-13-3)11-8-5-4-6-9(8)12/h8-9,11-12H,4-7H2,1-3H3/t8-,9-/m0/s1. The lowest BCUT2D eigenvalue weighted by Crippen LogP contribution is -2.51. The number of hydrogen-bond acceptors (Lipinski definition) is 3. The Bertz CT molecular complexity index is 159. The van der Waals surface area contributed by atoms with Crippen LogP contribution in [-0.4, -0.2) is 36.5 Å². The maximum Gasteiger partial charge on any atom is 0.0693 e. The molecule has 78 valence electrons. The maximum absolute atomic E-state index is 9.62. The fourth-order valence-electron chi connectivity index (χ4n) is 2.01. The third-order valence-electron chi connectivity index (χ3n) is 2.56. The van der Waals surface area contributed by atoms with Crippen LogP contribution >= 0.6 is 0 Å². The van der Waals surface area contributed by atoms with E-state index < -0.39 is 0 Å². The van der Waals surface area contributed by atoms with Crippen LogP contribution in [0.5, 0.6) is 0 Å². The molecule has 13 heavy (non-hydrogen) atoms. The van der Waals surface area contributed by atoms with E-state index in [0.29, 0.717) is 6.61 Å². The lowest BCUT2D eigenvalue weighted by atomic mass is 10.0. The quantitative estimate of drug-likeness (QED) is 0.687. The molecule has 0 unspecified atom stereocenters. The monoisotopic (exact) mass is 187 g/mol. The van der Waals surface area contributed by atoms with Gasteiger partial charge in [-0.25, -0.2) is 0 Å². The van der Waals surface area contributed by atoms with Gasteiger partial charge in [-0.15, -0.1) is 0 Å². The van der Waals surface area contributed by atoms with E-state index in [9.17, 15) is 5.11 Å². The first kappa shape index (κ1) is 11.0. The van der Waals surface area contributed by atoms with Gasteiger partial charge in [0.05, 0.1) is 12.7 Å². The molecule has 3 heteroatoms. The summed E-state index contributed by atoms with van der Waals surface area (Å²) >= 11 is 0. The van der Waals surface area contributed by atoms with Crippen molar-refractivity contribution in [3.05, 3.63) is 0 Å². The molecule has 0 heterocycles. The molecule has 0 spiro atoms. The zero-order chi connectivity index (χ0) is 9.90. The topological polar surface area (TPSA) is 41.5 Å². The van der Waals surface area contributed by atoms with Crippen molar-refractivity contribution in [3.63, 3.8) is 0 Å². The van der Waals surface area contributed by atoms with Gasteiger partial charge in [-0.3, -0.25) is 0 Å². The number of nitrogens with one attached hydrogen (secondary N) is 1. The molecule has 0 aromatic heterocycles. The first-order valence-electron chi connectivity index (χ1n) is 5.00. The number of aliphatic hydroxyl groups excluding tert-OH is 1. The Morgan fingerprint density at radius 1 is 1.46 bits per heavy atom. The summed E-state index contributed by atoms with van der Waals surface area (Å²) in [6, 6.07) is 0.255. The molecule has 0 radical (unpaired) electrons. The van der Waals surface area contributed by atoms with Crippen LogP contribution in [0.4, 0.5) is 0 Å². The summed E-state index contributed by atoms with van der Waals surface area (Å²) in [6.07, 6.45) is 2.97. The van der Waals surface area contributed by atoms with Crippen molar-refractivity contribution in [2.45, 2.75) is 50.8 Å². The molecule has 1 rings (SSSR count). The number of hydrogen-bond donors (Lipinski definition) is 2. The Labute approximate surface area is 80.5 Å². The van der Waals surface area contributed by atoms with Crippen LogP contribution in [0.1, 0.15) is 33.1 Å². The molecule has 1 fully saturated rings. The fourth-order valence-corrected chi connectivity index (χ4v) is 2.01. The maximum atomic E-state index is 9.62. The minimum atomic E-state index is -0.170. The Hall–Kier alpha value is -0.120. The van der Waals surface area contributed by atoms with E-state index >= 15 is 0 Å². The van der Waals surface area contributed by atoms with Crippen LogP contribution in [0.15, 0.2) is 0 Å². The van der Waals surface area contributed by atoms with Crippen molar-refractivity contribution in [1.29, 1.82) is 0 Å². The largest absolute Gasteiger partial charge is 0.392 e. The van der Waals surface area contributed by atoms with E-state index in [4.69, 9.17) is 4.74 Å². The molecule has 0 amide bonds. The summed E-state index contributed by atoms with van der Waals surface area (Å²) in [7, 11) is 1.70. The van der Waals surface area contributed by atoms with Crippen molar-refractivity contribution in [3.8, 4) is 0 Å². The van der Waals surface area contributed by atoms with Gasteiger partial charge in [-0.1, -0.05) is 0 Å². The Kier molecular flexibility index (Phi) is 3.71. The van der Waals surface area contributed by atoms with Gasteiger partial charge in [-0.05, 0) is 33.1 Å². The van der Waals surface area contributed by atoms with E-state index in [2.05, 4.69) is 19.2 Å². The summed E-state index contributed by atoms with van der Waals surface area (Å²) in [4.78, 5) is 0. The SMILES string of the molecule is COCC(C)(C)N[C@H]1CCC[C@@H]1O. The Morgan fingerprint density at radius 3 is 2.62 bits per heavy atom. The van der Waals surface area contributed by atoms with E-state index in [0.717, 1.165) is 19.3 Å². The summed E-state index contributed by atoms with van der Waals surface area (Å²) < 4.78 is 5.11. The molecule has 1 aliphatic rings. The fraction of sp³-hybridized carbons (Fsp3) is 1.00. The van der Waals surface area contributed by atoms with E-state index in [1.165, 1.54) is 0 Å². The number of ether oxygens (including phenoxy) is 1. The summed E-state index contributed by atoms with van der Waals surface area (Å²) in [5.41, 5.74) is -0.0370. The van der Waals surface area contributed by atoms with Gasteiger partial charge in [0, 0.05) is 18.7 Å². The molecule has 0 aromatic carbocycles. The highest BCUT2D eigenvalue weighted by Crippen LogP contribution is 2.21. The molecule has 2 N–H and O–H groups in total. The van der Waals surface area contributed by atoms with Gasteiger partial charge in [0.2, 0.25) is 0 Å². The first-order chi connectivity index (χ1) is 6.05. The molecule has 1 saturated carbocycles. The van der Waals surface area contributed by atoms with Gasteiger partial charge >= 0.3 is 0 Å². The van der Waals surface area contributed by atoms with Gasteiger partial charge in [0.1, 0.15) is 0 Å². The molecule has 0 bridgehead atoms. The molecule has 0 saturated heterocycles. The average molecular weight is 187 g/mol. The zero-order valence-electron chi connectivity index (χ0n) is 8.84. The van der Waals surface area contributed by atoms with Crippen molar-refractivity contribution < 1.29 is 9.84 Å². The van der Waals surface area contributed by atoms with Crippen LogP contribution in [0.25, 0.3) is 0 Å². The van der Waals surface area contributed by atoms with Crippen molar-refractivity contribution >= 4 is 0 Å². The molecular formula is C10H21NO2. The van der Waals surface area contributed by atoms with Crippen LogP contribution in [0.3, 0.4) is 0 Å². The van der Waals surface area contributed by atoms with Gasteiger partial charge < -0.3 is 15.2 Å². The van der Waals surface area contributed by atoms with Crippen LogP contribution in [0, 0.1) is 0 Å². The van der Waals surface area contributed by atoms with E-state index in [1.54, 1.807) is 7.11 Å². The van der Waals surface area contributed by atoms with Gasteiger partial charge in [0.15, 0.2) is 0 Å². The van der Waals surface area contributed by atoms with Crippen molar-refractivity contribution in [1.82, 2.24) is 5.32 Å². The smallest absolute Gasteiger partial charge is 0.0693 e. The van der Waals surface area contributed by atoms with Gasteiger partial charge in [-0.2, -0.15) is 0 Å². The third kappa shape index (κ3) is 3.25. The Morgan fingerprint density at radius 2 is 2.15 bits per heavy atom. The Balaban J connectivity index is 2.37. The highest BCUT2D eigenvalue weighted by Gasteiger charge is 2.30. The summed E-state index contributed by atoms with van der Waals surface area (Å²) in [5.74, 6) is 0. The predicted molar refractivity (Wildman–Crippen MR) is 52.7 cm³/mol. The number of methoxy groups -OCH3 is 1. The normalized spacial score (nSPS) is 29.5. The highest BCUT2D eigenvalue weighted by molar-refractivity contribution is 4.89. The summed E-state index contributed by atoms with van der Waals surface area (Å²) in [6.45, 7) is 4.87. The molecule has 0 aromatic rings. The first-order valence-corrected chi connectivity index (χ1v) is 5.00. The molecule has 0 aliphatic heterocycles. The van der Waals surface area contributed by atoms with Gasteiger partial charge in [0.25, 0.3) is 0 Å². The minimum absolute atomic E-state index is 0.0370. The lowest BCUT2D eigenvalue weighted by Gasteiger charge is -2.30. The number of rotatable bonds is 4. The zero-order valence-corrected chi connectivity index (χ0v) is 8.84. The van der Waals surface area contributed by atoms with Crippen LogP contribution in [-0.2, 0) is 4.74 Å². The molecular weight excluding hydrogens is 166 g/mol. The highest BCUT2D eigenvalue weighted by atomic mass is 16.5. The second-order valence-electron chi connectivity index (χ2n) is 4.57. The van der Waals surface area contributed by atoms with Crippen molar-refractivity contribution in [2.75, 3.05) is 13.7 Å². The van der Waals surface area contributed by atoms with Crippen LogP contribution < -0.4 is 5.32 Å². The lowest BCUT2D eigenvalue weighted by molar-refractivity contribution is 0.0892. The van der Waals surface area contributed by atoms with Crippen molar-refractivity contribution in [2.24, 2.45) is 0 Å². The van der Waals surface area contributed by atoms with Crippen LogP contribution in [0.2, 0.25) is 0 Å². The molecule has 2 atom stereocenters. The average Bonchev–Trinajstić information content (AvgIpc) is 2.35. The van der Waals surface area contributed by atoms with E-state index in [-0.39, 0.29) is 17.7 Å². The van der Waals surface area contributed by atoms with E-state index in [1.807, 2.05) is 0 Å².